The molecule has 0 radical (unpaired) electrons. The zero-order chi connectivity index (χ0) is 13.7. The summed E-state index contributed by atoms with van der Waals surface area (Å²) >= 11 is 1.05. The Morgan fingerprint density at radius 2 is 2.11 bits per heavy atom. The summed E-state index contributed by atoms with van der Waals surface area (Å²) in [7, 11) is 0. The molecule has 7 heteroatoms. The highest BCUT2D eigenvalue weighted by atomic mass is 32.2. The van der Waals surface area contributed by atoms with Gasteiger partial charge in [-0.25, -0.2) is 0 Å². The molecule has 0 bridgehead atoms. The highest BCUT2D eigenvalue weighted by molar-refractivity contribution is 8.03. The van der Waals surface area contributed by atoms with Crippen LogP contribution in [0.2, 0.25) is 0 Å². The van der Waals surface area contributed by atoms with E-state index < -0.39 is 21.9 Å². The van der Waals surface area contributed by atoms with Gasteiger partial charge in [-0.3, -0.25) is 24.7 Å². The molecule has 0 amide bonds. The molecule has 3 rings (SSSR count). The number of fused-ring (bicyclic) bond motifs is 2. The van der Waals surface area contributed by atoms with Crippen molar-refractivity contribution < 1.29 is 14.5 Å². The van der Waals surface area contributed by atoms with E-state index in [2.05, 4.69) is 4.98 Å². The Morgan fingerprint density at radius 1 is 1.37 bits per heavy atom. The number of carbonyl (C=O) groups is 2. The molecule has 2 heterocycles. The van der Waals surface area contributed by atoms with Gasteiger partial charge in [0, 0.05) is 11.6 Å². The van der Waals surface area contributed by atoms with Gasteiger partial charge in [0.15, 0.2) is 11.6 Å². The van der Waals surface area contributed by atoms with Crippen LogP contribution in [-0.4, -0.2) is 26.7 Å². The number of allylic oxidation sites excluding steroid dienone is 1. The standard InChI is InChI=1S/C12H8N2O4S/c1-5-2-3-13-9-7(5)11(16)12-8(10(9)15)6(4-19-12)14(17)18/h2-4,8,12H,1H3. The van der Waals surface area contributed by atoms with E-state index in [0.29, 0.717) is 11.1 Å². The van der Waals surface area contributed by atoms with E-state index in [1.807, 2.05) is 0 Å². The molecule has 96 valence electrons. The lowest BCUT2D eigenvalue weighted by molar-refractivity contribution is -0.430. The second-order valence-corrected chi connectivity index (χ2v) is 5.43. The average molecular weight is 276 g/mol. The van der Waals surface area contributed by atoms with Gasteiger partial charge in [0.05, 0.1) is 15.7 Å². The van der Waals surface area contributed by atoms with Crippen LogP contribution >= 0.6 is 11.8 Å². The van der Waals surface area contributed by atoms with Crippen molar-refractivity contribution in [2.75, 3.05) is 0 Å². The Balaban J connectivity index is 2.18. The lowest BCUT2D eigenvalue weighted by Crippen LogP contribution is -2.39. The summed E-state index contributed by atoms with van der Waals surface area (Å²) < 4.78 is 0. The molecule has 2 unspecified atom stereocenters. The first kappa shape index (κ1) is 12.0. The van der Waals surface area contributed by atoms with Crippen LogP contribution in [0.3, 0.4) is 0 Å². The molecule has 6 nitrogen and oxygen atoms in total. The molecular weight excluding hydrogens is 268 g/mol. The van der Waals surface area contributed by atoms with Crippen LogP contribution in [0.5, 0.6) is 0 Å². The molecule has 1 aromatic heterocycles. The van der Waals surface area contributed by atoms with Crippen molar-refractivity contribution in [2.45, 2.75) is 12.2 Å². The third-order valence-electron chi connectivity index (χ3n) is 3.35. The van der Waals surface area contributed by atoms with Gasteiger partial charge in [-0.05, 0) is 18.6 Å². The van der Waals surface area contributed by atoms with Crippen LogP contribution in [-0.2, 0) is 0 Å². The number of nitrogens with zero attached hydrogens (tertiary/aromatic N) is 2. The SMILES string of the molecule is Cc1ccnc2c1C(=O)C1SC=C([N+](=O)[O-])C1C2=O. The minimum atomic E-state index is -1.01. The molecule has 1 aliphatic carbocycles. The number of aryl methyl sites for hydroxylation is 1. The van der Waals surface area contributed by atoms with Crippen molar-refractivity contribution in [2.24, 2.45) is 5.92 Å². The maximum absolute atomic E-state index is 12.4. The second-order valence-electron chi connectivity index (χ2n) is 4.41. The van der Waals surface area contributed by atoms with E-state index in [1.54, 1.807) is 13.0 Å². The van der Waals surface area contributed by atoms with Gasteiger partial charge in [-0.15, -0.1) is 11.8 Å². The molecule has 19 heavy (non-hydrogen) atoms. The number of thioether (sulfide) groups is 1. The zero-order valence-electron chi connectivity index (χ0n) is 9.82. The second kappa shape index (κ2) is 3.99. The van der Waals surface area contributed by atoms with Gasteiger partial charge < -0.3 is 0 Å². The molecule has 0 N–H and O–H groups in total. The van der Waals surface area contributed by atoms with Crippen LogP contribution in [0, 0.1) is 23.0 Å². The topological polar surface area (TPSA) is 90.2 Å². The lowest BCUT2D eigenvalue weighted by Gasteiger charge is -2.24. The highest BCUT2D eigenvalue weighted by Gasteiger charge is 2.52. The van der Waals surface area contributed by atoms with Crippen molar-refractivity contribution in [1.82, 2.24) is 4.98 Å². The first-order valence-corrected chi connectivity index (χ1v) is 6.50. The molecule has 0 fully saturated rings. The molecule has 0 spiro atoms. The number of pyridine rings is 1. The van der Waals surface area contributed by atoms with E-state index in [9.17, 15) is 19.7 Å². The fraction of sp³-hybridized carbons (Fsp3) is 0.250. The molecule has 1 aliphatic heterocycles. The Hall–Kier alpha value is -2.02. The zero-order valence-corrected chi connectivity index (χ0v) is 10.6. The summed E-state index contributed by atoms with van der Waals surface area (Å²) in [5.41, 5.74) is 0.833. The van der Waals surface area contributed by atoms with Crippen molar-refractivity contribution in [3.63, 3.8) is 0 Å². The summed E-state index contributed by atoms with van der Waals surface area (Å²) in [6, 6.07) is 1.66. The number of hydrogen-bond acceptors (Lipinski definition) is 6. The van der Waals surface area contributed by atoms with Gasteiger partial charge >= 0.3 is 0 Å². The van der Waals surface area contributed by atoms with Crippen LogP contribution < -0.4 is 0 Å². The van der Waals surface area contributed by atoms with Crippen LogP contribution in [0.25, 0.3) is 0 Å². The molecule has 0 aromatic carbocycles. The summed E-state index contributed by atoms with van der Waals surface area (Å²) in [6.07, 6.45) is 1.44. The van der Waals surface area contributed by atoms with E-state index in [1.165, 1.54) is 11.6 Å². The van der Waals surface area contributed by atoms with Gasteiger partial charge in [-0.1, -0.05) is 0 Å². The Bertz CT molecular complexity index is 668. The van der Waals surface area contributed by atoms with E-state index >= 15 is 0 Å². The minimum Gasteiger partial charge on any atom is -0.293 e. The Kier molecular flexibility index (Phi) is 2.53. The number of aromatic nitrogens is 1. The Labute approximate surface area is 112 Å². The number of Topliss-reactive ketones (excluding diaryl/α,β-unsaturated/α-hetero) is 2. The van der Waals surface area contributed by atoms with Crippen molar-refractivity contribution in [1.29, 1.82) is 0 Å². The van der Waals surface area contributed by atoms with Crippen molar-refractivity contribution >= 4 is 23.3 Å². The average Bonchev–Trinajstić information content (AvgIpc) is 2.81. The monoisotopic (exact) mass is 276 g/mol. The number of carbonyl (C=O) groups excluding carboxylic acids is 2. The summed E-state index contributed by atoms with van der Waals surface area (Å²) in [5.74, 6) is -1.69. The smallest absolute Gasteiger partial charge is 0.264 e. The predicted octanol–water partition coefficient (Wildman–Crippen LogP) is 1.62. The summed E-state index contributed by atoms with van der Waals surface area (Å²) in [5, 5.41) is 11.5. The van der Waals surface area contributed by atoms with Crippen molar-refractivity contribution in [3.8, 4) is 0 Å². The molecule has 2 aliphatic rings. The highest BCUT2D eigenvalue weighted by Crippen LogP contribution is 2.43. The maximum atomic E-state index is 12.4. The van der Waals surface area contributed by atoms with E-state index in [0.717, 1.165) is 11.8 Å². The quantitative estimate of drug-likeness (QED) is 0.572. The summed E-state index contributed by atoms with van der Waals surface area (Å²) in [6.45, 7) is 1.73. The number of rotatable bonds is 1. The third kappa shape index (κ3) is 1.54. The first-order chi connectivity index (χ1) is 9.02. The normalized spacial score (nSPS) is 24.8. The third-order valence-corrected chi connectivity index (χ3v) is 4.50. The molecule has 1 aromatic rings. The fourth-order valence-corrected chi connectivity index (χ4v) is 3.62. The van der Waals surface area contributed by atoms with Gasteiger partial charge in [0.1, 0.15) is 11.6 Å². The van der Waals surface area contributed by atoms with E-state index in [4.69, 9.17) is 0 Å². The van der Waals surface area contributed by atoms with Gasteiger partial charge in [-0.2, -0.15) is 0 Å². The summed E-state index contributed by atoms with van der Waals surface area (Å²) in [4.78, 5) is 39.0. The van der Waals surface area contributed by atoms with Gasteiger partial charge in [0.2, 0.25) is 0 Å². The predicted molar refractivity (Wildman–Crippen MR) is 67.6 cm³/mol. The largest absolute Gasteiger partial charge is 0.293 e. The van der Waals surface area contributed by atoms with Gasteiger partial charge in [0.25, 0.3) is 5.70 Å². The van der Waals surface area contributed by atoms with E-state index in [-0.39, 0.29) is 17.2 Å². The minimum absolute atomic E-state index is 0.0569. The van der Waals surface area contributed by atoms with Crippen molar-refractivity contribution in [3.05, 3.63) is 50.3 Å². The molecule has 2 atom stereocenters. The fourth-order valence-electron chi connectivity index (χ4n) is 2.44. The first-order valence-electron chi connectivity index (χ1n) is 5.56. The van der Waals surface area contributed by atoms with Crippen LogP contribution in [0.4, 0.5) is 0 Å². The Morgan fingerprint density at radius 3 is 2.79 bits per heavy atom. The number of nitro groups is 1. The maximum Gasteiger partial charge on any atom is 0.264 e. The van der Waals surface area contributed by atoms with Crippen LogP contribution in [0.1, 0.15) is 26.4 Å². The van der Waals surface area contributed by atoms with Crippen LogP contribution in [0.15, 0.2) is 23.4 Å². The number of ketones is 2. The molecular formula is C12H8N2O4S. The molecule has 0 saturated heterocycles. The lowest BCUT2D eigenvalue weighted by atomic mass is 9.81. The molecule has 0 saturated carbocycles. The number of hydrogen-bond donors (Lipinski definition) is 0.